The predicted octanol–water partition coefficient (Wildman–Crippen LogP) is 3.51. The Bertz CT molecular complexity index is 771. The number of hydrogen-bond acceptors (Lipinski definition) is 6. The highest BCUT2D eigenvalue weighted by molar-refractivity contribution is 7.60. The molecule has 8 heteroatoms. The molecular weight excluding hydrogens is 346 g/mol. The molecule has 0 amide bonds. The third-order valence-corrected chi connectivity index (χ3v) is 7.56. The molecule has 1 saturated heterocycles. The van der Waals surface area contributed by atoms with Crippen molar-refractivity contribution in [3.05, 3.63) is 29.6 Å². The molecule has 25 heavy (non-hydrogen) atoms. The summed E-state index contributed by atoms with van der Waals surface area (Å²) in [5.41, 5.74) is -0.531. The highest BCUT2D eigenvalue weighted by Crippen LogP contribution is 2.56. The summed E-state index contributed by atoms with van der Waals surface area (Å²) in [6.45, 7) is 5.07. The minimum absolute atomic E-state index is 0.291. The van der Waals surface area contributed by atoms with Gasteiger partial charge in [-0.05, 0) is 38.0 Å². The van der Waals surface area contributed by atoms with Crippen LogP contribution in [0.5, 0.6) is 5.75 Å². The van der Waals surface area contributed by atoms with Crippen LogP contribution in [0.2, 0.25) is 0 Å². The van der Waals surface area contributed by atoms with E-state index in [2.05, 4.69) is 5.16 Å². The first-order chi connectivity index (χ1) is 12.0. The van der Waals surface area contributed by atoms with Crippen molar-refractivity contribution in [1.29, 1.82) is 0 Å². The van der Waals surface area contributed by atoms with Crippen LogP contribution in [0.3, 0.4) is 0 Å². The van der Waals surface area contributed by atoms with Crippen LogP contribution in [0.4, 0.5) is 4.39 Å². The molecule has 4 rings (SSSR count). The Kier molecular flexibility index (Phi) is 4.04. The zero-order valence-corrected chi connectivity index (χ0v) is 15.3. The van der Waals surface area contributed by atoms with Crippen molar-refractivity contribution < 1.29 is 23.1 Å². The lowest BCUT2D eigenvalue weighted by molar-refractivity contribution is -0.128. The molecule has 3 atom stereocenters. The van der Waals surface area contributed by atoms with Gasteiger partial charge in [0.15, 0.2) is 5.84 Å². The molecule has 1 fully saturated rings. The van der Waals surface area contributed by atoms with E-state index >= 15 is 0 Å². The lowest BCUT2D eigenvalue weighted by Crippen LogP contribution is -2.54. The van der Waals surface area contributed by atoms with Crippen molar-refractivity contribution in [2.24, 2.45) is 5.16 Å². The van der Waals surface area contributed by atoms with Crippen LogP contribution in [-0.4, -0.2) is 42.8 Å². The van der Waals surface area contributed by atoms with Gasteiger partial charge in [0.1, 0.15) is 11.6 Å². The average Bonchev–Trinajstić information content (AvgIpc) is 2.95. The standard InChI is InChI=1S/C17H22FN2O4P/c1-3-23-25(2,21)15-5-4-9-20-16(15)19-24-17(20)8-10-22-14-7-6-12(18)11-13(14)17/h6-7,11,15H,3-5,8-10H2,1-2H3. The molecule has 3 aliphatic rings. The minimum atomic E-state index is -2.86. The van der Waals surface area contributed by atoms with Crippen LogP contribution < -0.4 is 4.74 Å². The molecule has 3 unspecified atom stereocenters. The average molecular weight is 368 g/mol. The van der Waals surface area contributed by atoms with Crippen molar-refractivity contribution in [2.45, 2.75) is 37.6 Å². The fourth-order valence-electron chi connectivity index (χ4n) is 4.05. The Morgan fingerprint density at radius 2 is 2.36 bits per heavy atom. The molecule has 6 nitrogen and oxygen atoms in total. The molecule has 0 radical (unpaired) electrons. The normalized spacial score (nSPS) is 30.0. The summed E-state index contributed by atoms with van der Waals surface area (Å²) in [7, 11) is -2.86. The van der Waals surface area contributed by atoms with Gasteiger partial charge in [0, 0.05) is 19.6 Å². The molecule has 0 saturated carbocycles. The van der Waals surface area contributed by atoms with Crippen molar-refractivity contribution in [3.63, 3.8) is 0 Å². The van der Waals surface area contributed by atoms with E-state index in [4.69, 9.17) is 14.1 Å². The smallest absolute Gasteiger partial charge is 0.244 e. The fraction of sp³-hybridized carbons (Fsp3) is 0.588. The summed E-state index contributed by atoms with van der Waals surface area (Å²) in [4.78, 5) is 7.94. The first-order valence-corrected chi connectivity index (χ1v) is 10.8. The number of halogens is 1. The van der Waals surface area contributed by atoms with Crippen LogP contribution in [0.25, 0.3) is 0 Å². The third-order valence-electron chi connectivity index (χ3n) is 5.17. The quantitative estimate of drug-likeness (QED) is 0.764. The maximum atomic E-state index is 13.9. The Morgan fingerprint density at radius 1 is 1.52 bits per heavy atom. The zero-order chi connectivity index (χ0) is 17.7. The topological polar surface area (TPSA) is 60.4 Å². The van der Waals surface area contributed by atoms with Crippen LogP contribution in [0, 0.1) is 5.82 Å². The van der Waals surface area contributed by atoms with Gasteiger partial charge in [0.25, 0.3) is 0 Å². The van der Waals surface area contributed by atoms with E-state index in [9.17, 15) is 8.96 Å². The largest absolute Gasteiger partial charge is 0.493 e. The van der Waals surface area contributed by atoms with Gasteiger partial charge in [-0.15, -0.1) is 0 Å². The van der Waals surface area contributed by atoms with Gasteiger partial charge in [-0.2, -0.15) is 0 Å². The predicted molar refractivity (Wildman–Crippen MR) is 91.6 cm³/mol. The number of hydrogen-bond donors (Lipinski definition) is 0. The van der Waals surface area contributed by atoms with Gasteiger partial charge in [-0.3, -0.25) is 4.57 Å². The van der Waals surface area contributed by atoms with Crippen molar-refractivity contribution >= 4 is 13.2 Å². The first-order valence-electron chi connectivity index (χ1n) is 8.66. The van der Waals surface area contributed by atoms with Crippen LogP contribution in [-0.2, 0) is 19.7 Å². The van der Waals surface area contributed by atoms with E-state index in [-0.39, 0.29) is 11.5 Å². The molecule has 0 aromatic heterocycles. The number of nitrogens with zero attached hydrogens (tertiary/aromatic N) is 2. The van der Waals surface area contributed by atoms with E-state index in [0.29, 0.717) is 36.8 Å². The van der Waals surface area contributed by atoms with Crippen LogP contribution in [0.1, 0.15) is 31.7 Å². The van der Waals surface area contributed by atoms with Crippen molar-refractivity contribution in [1.82, 2.24) is 4.90 Å². The SMILES string of the molecule is CCOP(C)(=O)C1CCCN2C1=NOC21CCOc2ccc(F)cc21. The second-order valence-corrected chi connectivity index (χ2v) is 9.40. The Balaban J connectivity index is 1.73. The maximum absolute atomic E-state index is 13.9. The number of benzene rings is 1. The minimum Gasteiger partial charge on any atom is -0.493 e. The molecular formula is C17H22FN2O4P. The number of amidine groups is 1. The van der Waals surface area contributed by atoms with Gasteiger partial charge in [0.05, 0.1) is 24.4 Å². The molecule has 1 spiro atoms. The second-order valence-electron chi connectivity index (χ2n) is 6.70. The summed E-state index contributed by atoms with van der Waals surface area (Å²) in [5.74, 6) is 0.920. The zero-order valence-electron chi connectivity index (χ0n) is 14.4. The highest BCUT2D eigenvalue weighted by atomic mass is 31.2. The van der Waals surface area contributed by atoms with Gasteiger partial charge >= 0.3 is 0 Å². The number of piperidine rings is 1. The lowest BCUT2D eigenvalue weighted by atomic mass is 9.92. The van der Waals surface area contributed by atoms with E-state index in [1.54, 1.807) is 12.7 Å². The molecule has 0 aliphatic carbocycles. The molecule has 1 aromatic rings. The van der Waals surface area contributed by atoms with Crippen LogP contribution in [0.15, 0.2) is 23.4 Å². The molecule has 0 bridgehead atoms. The first kappa shape index (κ1) is 16.9. The van der Waals surface area contributed by atoms with Gasteiger partial charge in [0.2, 0.25) is 13.1 Å². The van der Waals surface area contributed by atoms with Gasteiger partial charge in [-0.1, -0.05) is 5.16 Å². The summed E-state index contributed by atoms with van der Waals surface area (Å²) in [6.07, 6.45) is 2.13. The highest BCUT2D eigenvalue weighted by Gasteiger charge is 2.55. The van der Waals surface area contributed by atoms with Crippen LogP contribution >= 0.6 is 7.37 Å². The molecule has 3 heterocycles. The van der Waals surface area contributed by atoms with E-state index in [1.807, 2.05) is 11.8 Å². The Hall–Kier alpha value is -1.59. The molecule has 3 aliphatic heterocycles. The summed E-state index contributed by atoms with van der Waals surface area (Å²) >= 11 is 0. The number of fused-ring (bicyclic) bond motifs is 4. The lowest BCUT2D eigenvalue weighted by Gasteiger charge is -2.44. The van der Waals surface area contributed by atoms with Crippen molar-refractivity contribution in [2.75, 3.05) is 26.4 Å². The van der Waals surface area contributed by atoms with Gasteiger partial charge < -0.3 is 19.0 Å². The maximum Gasteiger partial charge on any atom is 0.244 e. The monoisotopic (exact) mass is 368 g/mol. The number of rotatable bonds is 3. The van der Waals surface area contributed by atoms with Crippen molar-refractivity contribution in [3.8, 4) is 5.75 Å². The number of ether oxygens (including phenoxy) is 1. The Morgan fingerprint density at radius 3 is 3.16 bits per heavy atom. The summed E-state index contributed by atoms with van der Waals surface area (Å²) < 4.78 is 38.1. The summed E-state index contributed by atoms with van der Waals surface area (Å²) in [5, 5.41) is 4.31. The fourth-order valence-corrected chi connectivity index (χ4v) is 6.00. The molecule has 1 aromatic carbocycles. The second kappa shape index (κ2) is 5.99. The number of oxime groups is 1. The van der Waals surface area contributed by atoms with E-state index in [1.165, 1.54) is 12.1 Å². The Labute approximate surface area is 146 Å². The summed E-state index contributed by atoms with van der Waals surface area (Å²) in [6, 6.07) is 4.45. The van der Waals surface area contributed by atoms with Gasteiger partial charge in [-0.25, -0.2) is 4.39 Å². The van der Waals surface area contributed by atoms with E-state index < -0.39 is 13.1 Å². The van der Waals surface area contributed by atoms with E-state index in [0.717, 1.165) is 19.4 Å². The third kappa shape index (κ3) is 2.56. The molecule has 136 valence electrons. The molecule has 0 N–H and O–H groups in total.